The average molecular weight is 395 g/mol. The second-order valence-electron chi connectivity index (χ2n) is 4.97. The van der Waals surface area contributed by atoms with Gasteiger partial charge in [0.15, 0.2) is 5.75 Å². The number of hydrogen-bond acceptors (Lipinski definition) is 4. The molecule has 0 aliphatic rings. The van der Waals surface area contributed by atoms with Crippen LogP contribution < -0.4 is 9.46 Å². The molecule has 0 bridgehead atoms. The number of hydrogen-bond donors (Lipinski definition) is 1. The first-order valence-electron chi connectivity index (χ1n) is 7.10. The Hall–Kier alpha value is -2.28. The SMILES string of the molecule is O=S(=O)(Nc1ccccc1Oc1ccc(Cl)cc1Cl)c1cccnc1. The van der Waals surface area contributed by atoms with Gasteiger partial charge in [-0.1, -0.05) is 35.3 Å². The third-order valence-corrected chi connectivity index (χ3v) is 5.07. The van der Waals surface area contributed by atoms with E-state index >= 15 is 0 Å². The van der Waals surface area contributed by atoms with Crippen LogP contribution in [0.4, 0.5) is 5.69 Å². The molecular formula is C17H12Cl2N2O3S. The predicted octanol–water partition coefficient (Wildman–Crippen LogP) is 4.98. The summed E-state index contributed by atoms with van der Waals surface area (Å²) in [5.41, 5.74) is 0.275. The van der Waals surface area contributed by atoms with Crippen molar-refractivity contribution in [3.05, 3.63) is 77.0 Å². The van der Waals surface area contributed by atoms with Crippen molar-refractivity contribution in [2.75, 3.05) is 4.72 Å². The van der Waals surface area contributed by atoms with Crippen molar-refractivity contribution in [3.8, 4) is 11.5 Å². The zero-order valence-corrected chi connectivity index (χ0v) is 15.0. The predicted molar refractivity (Wildman–Crippen MR) is 98.0 cm³/mol. The molecule has 0 radical (unpaired) electrons. The number of nitrogens with one attached hydrogen (secondary N) is 1. The zero-order chi connectivity index (χ0) is 17.9. The zero-order valence-electron chi connectivity index (χ0n) is 12.7. The smallest absolute Gasteiger partial charge is 0.263 e. The number of nitrogens with zero attached hydrogens (tertiary/aromatic N) is 1. The van der Waals surface area contributed by atoms with E-state index in [4.69, 9.17) is 27.9 Å². The lowest BCUT2D eigenvalue weighted by molar-refractivity contribution is 0.485. The molecule has 1 N–H and O–H groups in total. The molecule has 5 nitrogen and oxygen atoms in total. The first-order chi connectivity index (χ1) is 12.0. The maximum atomic E-state index is 12.5. The quantitative estimate of drug-likeness (QED) is 0.662. The molecule has 3 aromatic rings. The lowest BCUT2D eigenvalue weighted by atomic mass is 10.3. The number of aromatic nitrogens is 1. The van der Waals surface area contributed by atoms with E-state index in [1.54, 1.807) is 48.5 Å². The number of pyridine rings is 1. The Morgan fingerprint density at radius 3 is 2.48 bits per heavy atom. The fourth-order valence-electron chi connectivity index (χ4n) is 2.03. The van der Waals surface area contributed by atoms with Gasteiger partial charge >= 0.3 is 0 Å². The Bertz CT molecular complexity index is 996. The summed E-state index contributed by atoms with van der Waals surface area (Å²) >= 11 is 12.0. The van der Waals surface area contributed by atoms with Gasteiger partial charge in [-0.05, 0) is 42.5 Å². The highest BCUT2D eigenvalue weighted by Crippen LogP contribution is 2.35. The van der Waals surface area contributed by atoms with Crippen LogP contribution in [0.3, 0.4) is 0 Å². The Kier molecular flexibility index (Phi) is 5.13. The fourth-order valence-corrected chi connectivity index (χ4v) is 3.51. The minimum atomic E-state index is -3.79. The molecule has 0 unspecified atom stereocenters. The third kappa shape index (κ3) is 4.22. The van der Waals surface area contributed by atoms with Crippen molar-refractivity contribution in [3.63, 3.8) is 0 Å². The maximum absolute atomic E-state index is 12.5. The van der Waals surface area contributed by atoms with Gasteiger partial charge in [0.25, 0.3) is 10.0 Å². The molecule has 0 saturated heterocycles. The van der Waals surface area contributed by atoms with Crippen molar-refractivity contribution >= 4 is 38.9 Å². The summed E-state index contributed by atoms with van der Waals surface area (Å²) in [5, 5.41) is 0.792. The molecule has 0 atom stereocenters. The Morgan fingerprint density at radius 1 is 0.960 bits per heavy atom. The standard InChI is InChI=1S/C17H12Cl2N2O3S/c18-12-7-8-16(14(19)10-12)24-17-6-2-1-5-15(17)21-25(22,23)13-4-3-9-20-11-13/h1-11,21H. The van der Waals surface area contributed by atoms with E-state index in [0.717, 1.165) is 0 Å². The molecule has 0 aliphatic carbocycles. The highest BCUT2D eigenvalue weighted by molar-refractivity contribution is 7.92. The van der Waals surface area contributed by atoms with E-state index < -0.39 is 10.0 Å². The minimum Gasteiger partial charge on any atom is -0.454 e. The molecule has 0 spiro atoms. The van der Waals surface area contributed by atoms with E-state index in [0.29, 0.717) is 21.5 Å². The lowest BCUT2D eigenvalue weighted by Gasteiger charge is -2.14. The average Bonchev–Trinajstić information content (AvgIpc) is 2.59. The van der Waals surface area contributed by atoms with E-state index in [1.807, 2.05) is 0 Å². The number of rotatable bonds is 5. The van der Waals surface area contributed by atoms with Crippen molar-refractivity contribution in [1.29, 1.82) is 0 Å². The number of halogens is 2. The van der Waals surface area contributed by atoms with Crippen molar-refractivity contribution < 1.29 is 13.2 Å². The molecule has 1 heterocycles. The number of sulfonamides is 1. The molecule has 0 fully saturated rings. The van der Waals surface area contributed by atoms with Gasteiger partial charge in [0.1, 0.15) is 10.6 Å². The molecule has 1 aromatic heterocycles. The Morgan fingerprint density at radius 2 is 1.76 bits per heavy atom. The largest absolute Gasteiger partial charge is 0.454 e. The number of anilines is 1. The third-order valence-electron chi connectivity index (χ3n) is 3.19. The highest BCUT2D eigenvalue weighted by Gasteiger charge is 2.17. The topological polar surface area (TPSA) is 68.3 Å². The minimum absolute atomic E-state index is 0.0503. The van der Waals surface area contributed by atoms with Crippen LogP contribution in [0, 0.1) is 0 Å². The van der Waals surface area contributed by atoms with Gasteiger partial charge in [-0.3, -0.25) is 9.71 Å². The van der Waals surface area contributed by atoms with Crippen LogP contribution in [0.2, 0.25) is 10.0 Å². The summed E-state index contributed by atoms with van der Waals surface area (Å²) in [6.07, 6.45) is 2.76. The van der Waals surface area contributed by atoms with Crippen LogP contribution >= 0.6 is 23.2 Å². The van der Waals surface area contributed by atoms with E-state index in [-0.39, 0.29) is 10.6 Å². The molecule has 3 rings (SSSR count). The van der Waals surface area contributed by atoms with Gasteiger partial charge in [-0.25, -0.2) is 8.42 Å². The summed E-state index contributed by atoms with van der Waals surface area (Å²) in [5.74, 6) is 0.665. The first-order valence-corrected chi connectivity index (χ1v) is 9.34. The summed E-state index contributed by atoms with van der Waals surface area (Å²) in [7, 11) is -3.79. The van der Waals surface area contributed by atoms with E-state index in [9.17, 15) is 8.42 Å². The summed E-state index contributed by atoms with van der Waals surface area (Å²) in [6.45, 7) is 0. The van der Waals surface area contributed by atoms with Crippen LogP contribution in [-0.2, 0) is 10.0 Å². The lowest BCUT2D eigenvalue weighted by Crippen LogP contribution is -2.13. The summed E-state index contributed by atoms with van der Waals surface area (Å²) < 4.78 is 33.2. The molecule has 8 heteroatoms. The van der Waals surface area contributed by atoms with E-state index in [1.165, 1.54) is 18.5 Å². The van der Waals surface area contributed by atoms with Crippen LogP contribution in [0.1, 0.15) is 0 Å². The molecule has 0 amide bonds. The van der Waals surface area contributed by atoms with E-state index in [2.05, 4.69) is 9.71 Å². The number of ether oxygens (including phenoxy) is 1. The van der Waals surface area contributed by atoms with Crippen LogP contribution in [0.25, 0.3) is 0 Å². The van der Waals surface area contributed by atoms with Crippen molar-refractivity contribution in [2.45, 2.75) is 4.90 Å². The molecule has 0 saturated carbocycles. The maximum Gasteiger partial charge on any atom is 0.263 e. The molecule has 25 heavy (non-hydrogen) atoms. The van der Waals surface area contributed by atoms with Crippen molar-refractivity contribution in [2.24, 2.45) is 0 Å². The van der Waals surface area contributed by atoms with Gasteiger partial charge in [-0.2, -0.15) is 0 Å². The monoisotopic (exact) mass is 394 g/mol. The van der Waals surface area contributed by atoms with Gasteiger partial charge in [-0.15, -0.1) is 0 Å². The fraction of sp³-hybridized carbons (Fsp3) is 0. The highest BCUT2D eigenvalue weighted by atomic mass is 35.5. The van der Waals surface area contributed by atoms with Crippen LogP contribution in [0.15, 0.2) is 71.9 Å². The normalized spacial score (nSPS) is 11.1. The molecule has 2 aromatic carbocycles. The van der Waals surface area contributed by atoms with Crippen LogP contribution in [-0.4, -0.2) is 13.4 Å². The Balaban J connectivity index is 1.91. The second kappa shape index (κ2) is 7.31. The van der Waals surface area contributed by atoms with Gasteiger partial charge < -0.3 is 4.74 Å². The Labute approximate surface area is 155 Å². The van der Waals surface area contributed by atoms with Gasteiger partial charge in [0.2, 0.25) is 0 Å². The van der Waals surface area contributed by atoms with Crippen LogP contribution in [0.5, 0.6) is 11.5 Å². The van der Waals surface area contributed by atoms with Gasteiger partial charge in [0.05, 0.1) is 10.7 Å². The summed E-state index contributed by atoms with van der Waals surface area (Å²) in [4.78, 5) is 3.87. The van der Waals surface area contributed by atoms with Gasteiger partial charge in [0, 0.05) is 17.4 Å². The number of benzene rings is 2. The van der Waals surface area contributed by atoms with Crippen molar-refractivity contribution in [1.82, 2.24) is 4.98 Å². The second-order valence-corrected chi connectivity index (χ2v) is 7.49. The summed E-state index contributed by atoms with van der Waals surface area (Å²) in [6, 6.07) is 14.4. The molecule has 0 aliphatic heterocycles. The molecular weight excluding hydrogens is 383 g/mol. The first kappa shape index (κ1) is 17.5. The number of para-hydroxylation sites is 2. The molecule has 128 valence electrons.